The fraction of sp³-hybridized carbons (Fsp3) is 0.111. The van der Waals surface area contributed by atoms with Gasteiger partial charge in [0.05, 0.1) is 16.1 Å². The van der Waals surface area contributed by atoms with Crippen LogP contribution in [0.3, 0.4) is 0 Å². The second-order valence-electron chi connectivity index (χ2n) is 5.52. The third-order valence-corrected chi connectivity index (χ3v) is 4.34. The Hall–Kier alpha value is -2.66. The Morgan fingerprint density at radius 1 is 1.17 bits per heavy atom. The Morgan fingerprint density at radius 3 is 2.62 bits per heavy atom. The maximum Gasteiger partial charge on any atom is 0.260 e. The van der Waals surface area contributed by atoms with Crippen molar-refractivity contribution >= 4 is 34.1 Å². The number of aryl methyl sites for hydroxylation is 1. The largest absolute Gasteiger partial charge is 0.322 e. The first-order chi connectivity index (χ1) is 11.4. The number of anilines is 1. The highest BCUT2D eigenvalue weighted by atomic mass is 35.5. The first kappa shape index (κ1) is 16.2. The zero-order valence-electron chi connectivity index (χ0n) is 13.0. The molecule has 1 amide bonds. The van der Waals surface area contributed by atoms with Crippen molar-refractivity contribution in [2.75, 3.05) is 5.32 Å². The van der Waals surface area contributed by atoms with E-state index < -0.39 is 11.7 Å². The second kappa shape index (κ2) is 6.09. The van der Waals surface area contributed by atoms with E-state index in [1.165, 1.54) is 18.2 Å². The van der Waals surface area contributed by atoms with Crippen molar-refractivity contribution < 1.29 is 9.18 Å². The van der Waals surface area contributed by atoms with E-state index in [0.717, 1.165) is 10.9 Å². The third kappa shape index (κ3) is 2.78. The number of fused-ring (bicyclic) bond motifs is 1. The molecule has 0 aliphatic rings. The summed E-state index contributed by atoms with van der Waals surface area (Å²) >= 11 is 5.90. The van der Waals surface area contributed by atoms with E-state index in [9.17, 15) is 14.0 Å². The van der Waals surface area contributed by atoms with E-state index in [4.69, 9.17) is 11.6 Å². The molecule has 1 aromatic heterocycles. The lowest BCUT2D eigenvalue weighted by Gasteiger charge is -2.10. The fourth-order valence-electron chi connectivity index (χ4n) is 2.55. The maximum atomic E-state index is 13.8. The van der Waals surface area contributed by atoms with Gasteiger partial charge in [-0.25, -0.2) is 4.39 Å². The van der Waals surface area contributed by atoms with Gasteiger partial charge in [0.1, 0.15) is 5.82 Å². The number of amides is 1. The minimum Gasteiger partial charge on any atom is -0.322 e. The molecular formula is C18H14ClFN2O2. The Bertz CT molecular complexity index is 1010. The van der Waals surface area contributed by atoms with Gasteiger partial charge in [0.2, 0.25) is 0 Å². The minimum atomic E-state index is -0.694. The number of carbonyl (C=O) groups excluding carboxylic acids is 1. The van der Waals surface area contributed by atoms with Crippen LogP contribution in [0.15, 0.2) is 41.2 Å². The summed E-state index contributed by atoms with van der Waals surface area (Å²) in [5, 5.41) is 3.52. The van der Waals surface area contributed by atoms with Gasteiger partial charge in [-0.3, -0.25) is 9.59 Å². The van der Waals surface area contributed by atoms with Gasteiger partial charge >= 0.3 is 0 Å². The third-order valence-electron chi connectivity index (χ3n) is 4.02. The molecule has 0 aliphatic heterocycles. The topological polar surface area (TPSA) is 62.0 Å². The Morgan fingerprint density at radius 2 is 1.92 bits per heavy atom. The minimum absolute atomic E-state index is 0.0353. The fourth-order valence-corrected chi connectivity index (χ4v) is 2.80. The van der Waals surface area contributed by atoms with Crippen LogP contribution < -0.4 is 10.9 Å². The van der Waals surface area contributed by atoms with Crippen LogP contribution in [0.2, 0.25) is 5.02 Å². The number of carbonyl (C=O) groups is 1. The molecule has 0 saturated heterocycles. The summed E-state index contributed by atoms with van der Waals surface area (Å²) < 4.78 is 13.8. The summed E-state index contributed by atoms with van der Waals surface area (Å²) in [5.74, 6) is -1.34. The number of hydrogen-bond acceptors (Lipinski definition) is 2. The van der Waals surface area contributed by atoms with Crippen LogP contribution in [-0.2, 0) is 0 Å². The number of aromatic amines is 1. The normalized spacial score (nSPS) is 10.8. The number of rotatable bonds is 2. The average Bonchev–Trinajstić information content (AvgIpc) is 2.52. The van der Waals surface area contributed by atoms with E-state index in [1.807, 2.05) is 6.92 Å². The number of H-pyrrole nitrogens is 1. The van der Waals surface area contributed by atoms with Gasteiger partial charge in [-0.1, -0.05) is 23.7 Å². The molecule has 24 heavy (non-hydrogen) atoms. The lowest BCUT2D eigenvalue weighted by atomic mass is 10.1. The van der Waals surface area contributed by atoms with Crippen molar-refractivity contribution in [2.24, 2.45) is 0 Å². The predicted molar refractivity (Wildman–Crippen MR) is 93.4 cm³/mol. The van der Waals surface area contributed by atoms with Gasteiger partial charge < -0.3 is 10.3 Å². The molecule has 2 N–H and O–H groups in total. The summed E-state index contributed by atoms with van der Waals surface area (Å²) in [6, 6.07) is 9.18. The molecule has 0 atom stereocenters. The lowest BCUT2D eigenvalue weighted by molar-refractivity contribution is 0.102. The van der Waals surface area contributed by atoms with Gasteiger partial charge in [-0.15, -0.1) is 0 Å². The number of halogens is 2. The van der Waals surface area contributed by atoms with Crippen LogP contribution in [0.25, 0.3) is 10.9 Å². The Balaban J connectivity index is 2.01. The molecule has 3 aromatic rings. The van der Waals surface area contributed by atoms with E-state index in [1.54, 1.807) is 25.1 Å². The summed E-state index contributed by atoms with van der Waals surface area (Å²) in [4.78, 5) is 26.9. The van der Waals surface area contributed by atoms with Crippen LogP contribution >= 0.6 is 11.6 Å². The SMILES string of the molecule is Cc1c(C)c2ccc(NC(=O)c3c(F)cccc3Cl)cc2[nH]c1=O. The molecule has 0 radical (unpaired) electrons. The highest BCUT2D eigenvalue weighted by molar-refractivity contribution is 6.34. The number of benzene rings is 2. The molecule has 0 unspecified atom stereocenters. The van der Waals surface area contributed by atoms with E-state index in [0.29, 0.717) is 16.8 Å². The standard InChI is InChI=1S/C18H14ClFN2O2/c1-9-10(2)17(23)22-15-8-11(6-7-12(9)15)21-18(24)16-13(19)4-3-5-14(16)20/h3-8H,1-2H3,(H,21,24)(H,22,23). The smallest absolute Gasteiger partial charge is 0.260 e. The zero-order valence-corrected chi connectivity index (χ0v) is 13.8. The number of nitrogens with one attached hydrogen (secondary N) is 2. The number of aromatic nitrogens is 1. The second-order valence-corrected chi connectivity index (χ2v) is 5.92. The van der Waals surface area contributed by atoms with Crippen LogP contribution in [0.5, 0.6) is 0 Å². The van der Waals surface area contributed by atoms with Crippen molar-refractivity contribution in [1.82, 2.24) is 4.98 Å². The molecule has 0 saturated carbocycles. The lowest BCUT2D eigenvalue weighted by Crippen LogP contribution is -2.15. The van der Waals surface area contributed by atoms with E-state index >= 15 is 0 Å². The van der Waals surface area contributed by atoms with Crippen molar-refractivity contribution in [3.05, 3.63) is 74.3 Å². The summed E-state index contributed by atoms with van der Waals surface area (Å²) in [5.41, 5.74) is 2.17. The molecule has 2 aromatic carbocycles. The predicted octanol–water partition coefficient (Wildman–Crippen LogP) is 4.19. The summed E-state index contributed by atoms with van der Waals surface area (Å²) in [6.45, 7) is 3.62. The van der Waals surface area contributed by atoms with Crippen LogP contribution in [-0.4, -0.2) is 10.9 Å². The van der Waals surface area contributed by atoms with Gasteiger partial charge in [0.25, 0.3) is 11.5 Å². The summed E-state index contributed by atoms with van der Waals surface area (Å²) in [6.07, 6.45) is 0. The molecule has 1 heterocycles. The molecule has 6 heteroatoms. The average molecular weight is 345 g/mol. The summed E-state index contributed by atoms with van der Waals surface area (Å²) in [7, 11) is 0. The number of pyridine rings is 1. The molecule has 122 valence electrons. The van der Waals surface area contributed by atoms with Crippen molar-refractivity contribution in [1.29, 1.82) is 0 Å². The van der Waals surface area contributed by atoms with Gasteiger partial charge in [-0.2, -0.15) is 0 Å². The Kier molecular flexibility index (Phi) is 4.11. The molecule has 0 spiro atoms. The van der Waals surface area contributed by atoms with Crippen LogP contribution in [0.4, 0.5) is 10.1 Å². The molecule has 0 fully saturated rings. The van der Waals surface area contributed by atoms with Crippen LogP contribution in [0.1, 0.15) is 21.5 Å². The Labute approximate surface area is 142 Å². The van der Waals surface area contributed by atoms with Crippen molar-refractivity contribution in [3.63, 3.8) is 0 Å². The van der Waals surface area contributed by atoms with Gasteiger partial charge in [-0.05, 0) is 43.7 Å². The first-order valence-electron chi connectivity index (χ1n) is 7.27. The van der Waals surface area contributed by atoms with E-state index in [-0.39, 0.29) is 16.1 Å². The number of hydrogen-bond donors (Lipinski definition) is 2. The van der Waals surface area contributed by atoms with Crippen molar-refractivity contribution in [3.8, 4) is 0 Å². The maximum absolute atomic E-state index is 13.8. The van der Waals surface area contributed by atoms with E-state index in [2.05, 4.69) is 10.3 Å². The van der Waals surface area contributed by atoms with Gasteiger partial charge in [0, 0.05) is 16.6 Å². The van der Waals surface area contributed by atoms with Crippen LogP contribution in [0, 0.1) is 19.7 Å². The highest BCUT2D eigenvalue weighted by Crippen LogP contribution is 2.23. The zero-order chi connectivity index (χ0) is 17.4. The monoisotopic (exact) mass is 344 g/mol. The quantitative estimate of drug-likeness (QED) is 0.732. The first-order valence-corrected chi connectivity index (χ1v) is 7.65. The molecule has 0 bridgehead atoms. The van der Waals surface area contributed by atoms with Gasteiger partial charge in [0.15, 0.2) is 0 Å². The van der Waals surface area contributed by atoms with Crippen molar-refractivity contribution in [2.45, 2.75) is 13.8 Å². The molecule has 3 rings (SSSR count). The molecular weight excluding hydrogens is 331 g/mol. The molecule has 0 aliphatic carbocycles. The highest BCUT2D eigenvalue weighted by Gasteiger charge is 2.16. The molecule has 4 nitrogen and oxygen atoms in total.